The number of amides is 1. The highest BCUT2D eigenvalue weighted by Crippen LogP contribution is 2.30. The Bertz CT molecular complexity index is 457. The van der Waals surface area contributed by atoms with Gasteiger partial charge in [-0.05, 0) is 18.9 Å². The highest BCUT2D eigenvalue weighted by Gasteiger charge is 2.31. The van der Waals surface area contributed by atoms with Crippen LogP contribution in [0.3, 0.4) is 0 Å². The molecule has 1 aliphatic rings. The molecule has 0 spiro atoms. The fourth-order valence-electron chi connectivity index (χ4n) is 1.87. The lowest BCUT2D eigenvalue weighted by Gasteiger charge is -2.21. The predicted molar refractivity (Wildman–Crippen MR) is 61.4 cm³/mol. The van der Waals surface area contributed by atoms with Gasteiger partial charge in [0.15, 0.2) is 0 Å². The minimum atomic E-state index is -4.47. The molecule has 1 amide bonds. The molecule has 4 nitrogen and oxygen atoms in total. The second-order valence-electron chi connectivity index (χ2n) is 4.34. The molecule has 0 radical (unpaired) electrons. The zero-order valence-electron chi connectivity index (χ0n) is 10.0. The van der Waals surface area contributed by atoms with E-state index in [1.165, 1.54) is 6.20 Å². The van der Waals surface area contributed by atoms with Crippen molar-refractivity contribution < 1.29 is 22.7 Å². The molecule has 0 unspecified atom stereocenters. The normalized spacial score (nSPS) is 17.2. The Morgan fingerprint density at radius 1 is 1.32 bits per heavy atom. The first kappa shape index (κ1) is 13.8. The summed E-state index contributed by atoms with van der Waals surface area (Å²) in [4.78, 5) is 15.3. The summed E-state index contributed by atoms with van der Waals surface area (Å²) in [6.45, 7) is 0.998. The number of hydrogen-bond acceptors (Lipinski definition) is 3. The maximum atomic E-state index is 12.5. The van der Waals surface area contributed by atoms with Crippen molar-refractivity contribution in [2.45, 2.75) is 19.0 Å². The van der Waals surface area contributed by atoms with Crippen LogP contribution in [0.5, 0.6) is 0 Å². The molecule has 19 heavy (non-hydrogen) atoms. The molecular formula is C12H13F3N2O2. The highest BCUT2D eigenvalue weighted by atomic mass is 19.4. The summed E-state index contributed by atoms with van der Waals surface area (Å²) in [5.74, 6) is -0.507. The van der Waals surface area contributed by atoms with Gasteiger partial charge in [-0.25, -0.2) is 0 Å². The minimum Gasteiger partial charge on any atom is -0.381 e. The van der Waals surface area contributed by atoms with Crippen LogP contribution in [0.4, 0.5) is 18.9 Å². The second kappa shape index (κ2) is 5.56. The van der Waals surface area contributed by atoms with E-state index in [4.69, 9.17) is 4.74 Å². The van der Waals surface area contributed by atoms with Crippen LogP contribution < -0.4 is 5.32 Å². The number of halogens is 3. The Morgan fingerprint density at radius 2 is 2.00 bits per heavy atom. The lowest BCUT2D eigenvalue weighted by Crippen LogP contribution is -2.28. The summed E-state index contributed by atoms with van der Waals surface area (Å²) in [6.07, 6.45) is -1.38. The second-order valence-corrected chi connectivity index (χ2v) is 4.34. The fourth-order valence-corrected chi connectivity index (χ4v) is 1.87. The first-order valence-electron chi connectivity index (χ1n) is 5.87. The molecule has 0 aromatic carbocycles. The van der Waals surface area contributed by atoms with Crippen LogP contribution in [-0.2, 0) is 15.7 Å². The number of carbonyl (C=O) groups excluding carboxylic acids is 1. The van der Waals surface area contributed by atoms with Crippen molar-refractivity contribution in [3.8, 4) is 0 Å². The third-order valence-electron chi connectivity index (χ3n) is 2.93. The SMILES string of the molecule is O=C(Nc1cncc(C(F)(F)F)c1)C1CCOCC1. The van der Waals surface area contributed by atoms with Gasteiger partial charge in [0.25, 0.3) is 0 Å². The fraction of sp³-hybridized carbons (Fsp3) is 0.500. The molecule has 1 aromatic rings. The smallest absolute Gasteiger partial charge is 0.381 e. The summed E-state index contributed by atoms with van der Waals surface area (Å²) in [5.41, 5.74) is -0.816. The number of hydrogen-bond donors (Lipinski definition) is 1. The highest BCUT2D eigenvalue weighted by molar-refractivity contribution is 5.92. The molecule has 2 heterocycles. The van der Waals surface area contributed by atoms with Gasteiger partial charge in [0.05, 0.1) is 17.4 Å². The van der Waals surface area contributed by atoms with Crippen LogP contribution in [0.2, 0.25) is 0 Å². The maximum absolute atomic E-state index is 12.5. The molecule has 1 aliphatic heterocycles. The van der Waals surface area contributed by atoms with Gasteiger partial charge in [-0.2, -0.15) is 13.2 Å². The zero-order valence-corrected chi connectivity index (χ0v) is 10.0. The maximum Gasteiger partial charge on any atom is 0.417 e. The average molecular weight is 274 g/mol. The number of rotatable bonds is 2. The number of ether oxygens (including phenoxy) is 1. The minimum absolute atomic E-state index is 0.0614. The third kappa shape index (κ3) is 3.66. The number of anilines is 1. The lowest BCUT2D eigenvalue weighted by atomic mass is 9.99. The molecule has 0 aliphatic carbocycles. The summed E-state index contributed by atoms with van der Waals surface area (Å²) in [6, 6.07) is 0.879. The summed E-state index contributed by atoms with van der Waals surface area (Å²) >= 11 is 0. The Labute approximate surface area is 108 Å². The third-order valence-corrected chi connectivity index (χ3v) is 2.93. The molecule has 0 bridgehead atoms. The van der Waals surface area contributed by atoms with Crippen molar-refractivity contribution in [1.29, 1.82) is 0 Å². The Morgan fingerprint density at radius 3 is 2.63 bits per heavy atom. The molecule has 1 saturated heterocycles. The topological polar surface area (TPSA) is 51.2 Å². The summed E-state index contributed by atoms with van der Waals surface area (Å²) in [7, 11) is 0. The zero-order chi connectivity index (χ0) is 13.9. The molecule has 1 aromatic heterocycles. The molecule has 0 saturated carbocycles. The van der Waals surface area contributed by atoms with Gasteiger partial charge in [0.1, 0.15) is 0 Å². The van der Waals surface area contributed by atoms with Crippen LogP contribution in [0, 0.1) is 5.92 Å². The van der Waals surface area contributed by atoms with Gasteiger partial charge in [-0.15, -0.1) is 0 Å². The molecule has 2 rings (SSSR count). The van der Waals surface area contributed by atoms with E-state index in [0.717, 1.165) is 12.3 Å². The van der Waals surface area contributed by atoms with E-state index in [-0.39, 0.29) is 17.5 Å². The summed E-state index contributed by atoms with van der Waals surface area (Å²) in [5, 5.41) is 2.47. The number of alkyl halides is 3. The number of aromatic nitrogens is 1. The molecule has 1 N–H and O–H groups in total. The van der Waals surface area contributed by atoms with Crippen molar-refractivity contribution in [3.63, 3.8) is 0 Å². The predicted octanol–water partition coefficient (Wildman–Crippen LogP) is 2.47. The Balaban J connectivity index is 2.04. The van der Waals surface area contributed by atoms with Gasteiger partial charge < -0.3 is 10.1 Å². The molecule has 104 valence electrons. The van der Waals surface area contributed by atoms with Gasteiger partial charge in [0.2, 0.25) is 5.91 Å². The van der Waals surface area contributed by atoms with E-state index in [1.54, 1.807) is 0 Å². The van der Waals surface area contributed by atoms with Crippen molar-refractivity contribution in [2.24, 2.45) is 5.92 Å². The van der Waals surface area contributed by atoms with E-state index < -0.39 is 11.7 Å². The number of nitrogens with zero attached hydrogens (tertiary/aromatic N) is 1. The van der Waals surface area contributed by atoms with Crippen LogP contribution >= 0.6 is 0 Å². The van der Waals surface area contributed by atoms with Crippen LogP contribution in [-0.4, -0.2) is 24.1 Å². The number of pyridine rings is 1. The van der Waals surface area contributed by atoms with Crippen molar-refractivity contribution in [2.75, 3.05) is 18.5 Å². The van der Waals surface area contributed by atoms with Crippen molar-refractivity contribution in [3.05, 3.63) is 24.0 Å². The molecular weight excluding hydrogens is 261 g/mol. The average Bonchev–Trinajstić information content (AvgIpc) is 2.39. The first-order valence-corrected chi connectivity index (χ1v) is 5.87. The lowest BCUT2D eigenvalue weighted by molar-refractivity contribution is -0.137. The van der Waals surface area contributed by atoms with E-state index >= 15 is 0 Å². The van der Waals surface area contributed by atoms with E-state index in [1.807, 2.05) is 0 Å². The number of carbonyl (C=O) groups is 1. The van der Waals surface area contributed by atoms with Gasteiger partial charge in [-0.3, -0.25) is 9.78 Å². The number of nitrogens with one attached hydrogen (secondary N) is 1. The Hall–Kier alpha value is -1.63. The molecule has 0 atom stereocenters. The molecule has 1 fully saturated rings. The van der Waals surface area contributed by atoms with E-state index in [9.17, 15) is 18.0 Å². The standard InChI is InChI=1S/C12H13F3N2O2/c13-12(14,15)9-5-10(7-16-6-9)17-11(18)8-1-3-19-4-2-8/h5-8H,1-4H2,(H,17,18). The van der Waals surface area contributed by atoms with Crippen LogP contribution in [0.1, 0.15) is 18.4 Å². The van der Waals surface area contributed by atoms with Gasteiger partial charge in [-0.1, -0.05) is 0 Å². The van der Waals surface area contributed by atoms with Gasteiger partial charge in [0, 0.05) is 25.3 Å². The Kier molecular flexibility index (Phi) is 4.04. The quantitative estimate of drug-likeness (QED) is 0.901. The van der Waals surface area contributed by atoms with Crippen LogP contribution in [0.25, 0.3) is 0 Å². The largest absolute Gasteiger partial charge is 0.417 e. The monoisotopic (exact) mass is 274 g/mol. The molecule has 7 heteroatoms. The van der Waals surface area contributed by atoms with Crippen molar-refractivity contribution >= 4 is 11.6 Å². The van der Waals surface area contributed by atoms with E-state index in [0.29, 0.717) is 26.1 Å². The van der Waals surface area contributed by atoms with Crippen LogP contribution in [0.15, 0.2) is 18.5 Å². The van der Waals surface area contributed by atoms with Crippen molar-refractivity contribution in [1.82, 2.24) is 4.98 Å². The summed E-state index contributed by atoms with van der Waals surface area (Å²) < 4.78 is 42.6. The van der Waals surface area contributed by atoms with E-state index in [2.05, 4.69) is 10.3 Å². The van der Waals surface area contributed by atoms with Gasteiger partial charge >= 0.3 is 6.18 Å². The first-order chi connectivity index (χ1) is 8.97.